The fraction of sp³-hybridized carbons (Fsp3) is 0.235. The molecule has 0 amide bonds. The van der Waals surface area contributed by atoms with E-state index in [1.165, 1.54) is 5.56 Å². The van der Waals surface area contributed by atoms with Crippen molar-refractivity contribution in [3.05, 3.63) is 71.8 Å². The predicted molar refractivity (Wildman–Crippen MR) is 87.1 cm³/mol. The zero-order chi connectivity index (χ0) is 14.2. The summed E-state index contributed by atoms with van der Waals surface area (Å²) in [7, 11) is 1.71. The molecule has 0 aromatic heterocycles. The standard InChI is InChI=1S/C17H19NOS/c1-19-13-16(12-14-8-4-2-5-9-14)18-17(20)15-10-6-3-7-11-15/h2-11,16H,12-13H2,1H3,(H,18,20)/t16-/m0/s1. The summed E-state index contributed by atoms with van der Waals surface area (Å²) in [6.07, 6.45) is 0.891. The highest BCUT2D eigenvalue weighted by Crippen LogP contribution is 2.06. The van der Waals surface area contributed by atoms with E-state index >= 15 is 0 Å². The first-order valence-corrected chi connectivity index (χ1v) is 7.09. The molecule has 0 aliphatic rings. The summed E-state index contributed by atoms with van der Waals surface area (Å²) in [4.78, 5) is 0.767. The average Bonchev–Trinajstić information content (AvgIpc) is 2.49. The van der Waals surface area contributed by atoms with Crippen molar-refractivity contribution in [2.45, 2.75) is 12.5 Å². The highest BCUT2D eigenvalue weighted by atomic mass is 32.1. The summed E-state index contributed by atoms with van der Waals surface area (Å²) < 4.78 is 5.29. The van der Waals surface area contributed by atoms with E-state index < -0.39 is 0 Å². The SMILES string of the molecule is COC[C@H](Cc1ccccc1)NC(=S)c1ccccc1. The van der Waals surface area contributed by atoms with E-state index in [0.717, 1.165) is 17.0 Å². The summed E-state index contributed by atoms with van der Waals surface area (Å²) in [5.74, 6) is 0. The van der Waals surface area contributed by atoms with Crippen LogP contribution >= 0.6 is 12.2 Å². The lowest BCUT2D eigenvalue weighted by molar-refractivity contribution is 0.174. The molecule has 0 heterocycles. The predicted octanol–water partition coefficient (Wildman–Crippen LogP) is 3.21. The van der Waals surface area contributed by atoms with Crippen molar-refractivity contribution in [3.63, 3.8) is 0 Å². The van der Waals surface area contributed by atoms with Crippen molar-refractivity contribution in [1.82, 2.24) is 5.32 Å². The van der Waals surface area contributed by atoms with Crippen LogP contribution in [0.15, 0.2) is 60.7 Å². The zero-order valence-electron chi connectivity index (χ0n) is 11.6. The van der Waals surface area contributed by atoms with Crippen LogP contribution in [0, 0.1) is 0 Å². The third-order valence-corrected chi connectivity index (χ3v) is 3.42. The van der Waals surface area contributed by atoms with E-state index in [4.69, 9.17) is 17.0 Å². The Morgan fingerprint density at radius 1 is 1.05 bits per heavy atom. The van der Waals surface area contributed by atoms with E-state index in [0.29, 0.717) is 6.61 Å². The Labute approximate surface area is 125 Å². The molecule has 0 aliphatic heterocycles. The molecule has 104 valence electrons. The smallest absolute Gasteiger partial charge is 0.106 e. The first-order chi connectivity index (χ1) is 9.79. The largest absolute Gasteiger partial charge is 0.383 e. The van der Waals surface area contributed by atoms with Gasteiger partial charge in [0.25, 0.3) is 0 Å². The number of hydrogen-bond donors (Lipinski definition) is 1. The minimum atomic E-state index is 0.176. The molecule has 2 aromatic carbocycles. The molecular weight excluding hydrogens is 266 g/mol. The van der Waals surface area contributed by atoms with Crippen LogP contribution in [0.5, 0.6) is 0 Å². The minimum Gasteiger partial charge on any atom is -0.383 e. The first-order valence-electron chi connectivity index (χ1n) is 6.68. The molecule has 2 nitrogen and oxygen atoms in total. The normalized spacial score (nSPS) is 11.8. The number of benzene rings is 2. The van der Waals surface area contributed by atoms with Gasteiger partial charge in [0.2, 0.25) is 0 Å². The Hall–Kier alpha value is -1.71. The number of thiocarbonyl (C=S) groups is 1. The van der Waals surface area contributed by atoms with Gasteiger partial charge in [-0.05, 0) is 12.0 Å². The summed E-state index contributed by atoms with van der Waals surface area (Å²) in [5, 5.41) is 3.39. The van der Waals surface area contributed by atoms with Crippen LogP contribution in [-0.4, -0.2) is 24.7 Å². The van der Waals surface area contributed by atoms with E-state index in [2.05, 4.69) is 29.6 Å². The van der Waals surface area contributed by atoms with Crippen molar-refractivity contribution in [3.8, 4) is 0 Å². The molecule has 0 saturated heterocycles. The third kappa shape index (κ3) is 4.44. The van der Waals surface area contributed by atoms with Crippen molar-refractivity contribution in [1.29, 1.82) is 0 Å². The van der Waals surface area contributed by atoms with Gasteiger partial charge in [0.1, 0.15) is 4.99 Å². The molecule has 0 radical (unpaired) electrons. The summed E-state index contributed by atoms with van der Waals surface area (Å²) in [6.45, 7) is 0.627. The van der Waals surface area contributed by atoms with Gasteiger partial charge in [-0.1, -0.05) is 72.9 Å². The van der Waals surface area contributed by atoms with Gasteiger partial charge in [0.05, 0.1) is 12.6 Å². The van der Waals surface area contributed by atoms with Crippen LogP contribution in [0.3, 0.4) is 0 Å². The topological polar surface area (TPSA) is 21.3 Å². The van der Waals surface area contributed by atoms with Crippen molar-refractivity contribution in [2.75, 3.05) is 13.7 Å². The Kier molecular flexibility index (Phi) is 5.71. The van der Waals surface area contributed by atoms with Crippen LogP contribution in [-0.2, 0) is 11.2 Å². The molecule has 20 heavy (non-hydrogen) atoms. The molecule has 3 heteroatoms. The van der Waals surface area contributed by atoms with E-state index in [9.17, 15) is 0 Å². The third-order valence-electron chi connectivity index (χ3n) is 3.06. The Morgan fingerprint density at radius 3 is 2.25 bits per heavy atom. The highest BCUT2D eigenvalue weighted by molar-refractivity contribution is 7.80. The lowest BCUT2D eigenvalue weighted by atomic mass is 10.1. The second-order valence-electron chi connectivity index (χ2n) is 4.68. The number of rotatable bonds is 6. The molecular formula is C17H19NOS. The molecule has 1 atom stereocenters. The second kappa shape index (κ2) is 7.78. The lowest BCUT2D eigenvalue weighted by Crippen LogP contribution is -2.39. The number of methoxy groups -OCH3 is 1. The van der Waals surface area contributed by atoms with Gasteiger partial charge in [-0.25, -0.2) is 0 Å². The quantitative estimate of drug-likeness (QED) is 0.824. The van der Waals surface area contributed by atoms with Gasteiger partial charge < -0.3 is 10.1 Å². The molecule has 2 aromatic rings. The molecule has 1 N–H and O–H groups in total. The average molecular weight is 285 g/mol. The van der Waals surface area contributed by atoms with E-state index in [1.807, 2.05) is 36.4 Å². The monoisotopic (exact) mass is 285 g/mol. The minimum absolute atomic E-state index is 0.176. The van der Waals surface area contributed by atoms with Crippen molar-refractivity contribution >= 4 is 17.2 Å². The number of nitrogens with one attached hydrogen (secondary N) is 1. The summed E-state index contributed by atoms with van der Waals surface area (Å²) in [6, 6.07) is 20.5. The fourth-order valence-corrected chi connectivity index (χ4v) is 2.41. The van der Waals surface area contributed by atoms with E-state index in [-0.39, 0.29) is 6.04 Å². The van der Waals surface area contributed by atoms with Crippen LogP contribution in [0.1, 0.15) is 11.1 Å². The maximum atomic E-state index is 5.46. The molecule has 0 spiro atoms. The Bertz CT molecular complexity index is 527. The summed E-state index contributed by atoms with van der Waals surface area (Å²) in [5.41, 5.74) is 2.31. The second-order valence-corrected chi connectivity index (χ2v) is 5.09. The first kappa shape index (κ1) is 14.7. The summed E-state index contributed by atoms with van der Waals surface area (Å²) >= 11 is 5.46. The van der Waals surface area contributed by atoms with Crippen LogP contribution in [0.25, 0.3) is 0 Å². The van der Waals surface area contributed by atoms with Gasteiger partial charge in [0.15, 0.2) is 0 Å². The highest BCUT2D eigenvalue weighted by Gasteiger charge is 2.11. The van der Waals surface area contributed by atoms with Crippen LogP contribution in [0.4, 0.5) is 0 Å². The maximum absolute atomic E-state index is 5.46. The van der Waals surface area contributed by atoms with Gasteiger partial charge >= 0.3 is 0 Å². The zero-order valence-corrected chi connectivity index (χ0v) is 12.4. The van der Waals surface area contributed by atoms with E-state index in [1.54, 1.807) is 7.11 Å². The van der Waals surface area contributed by atoms with Crippen LogP contribution < -0.4 is 5.32 Å². The van der Waals surface area contributed by atoms with Crippen LogP contribution in [0.2, 0.25) is 0 Å². The molecule has 2 rings (SSSR count). The van der Waals surface area contributed by atoms with Gasteiger partial charge in [-0.2, -0.15) is 0 Å². The number of hydrogen-bond acceptors (Lipinski definition) is 2. The van der Waals surface area contributed by atoms with Gasteiger partial charge in [0, 0.05) is 12.7 Å². The van der Waals surface area contributed by atoms with Gasteiger partial charge in [-0.3, -0.25) is 0 Å². The lowest BCUT2D eigenvalue weighted by Gasteiger charge is -2.20. The fourth-order valence-electron chi connectivity index (χ4n) is 2.11. The maximum Gasteiger partial charge on any atom is 0.106 e. The number of ether oxygens (including phenoxy) is 1. The molecule has 0 aliphatic carbocycles. The Balaban J connectivity index is 2.00. The molecule has 0 unspecified atom stereocenters. The van der Waals surface area contributed by atoms with Crippen molar-refractivity contribution < 1.29 is 4.74 Å². The van der Waals surface area contributed by atoms with Gasteiger partial charge in [-0.15, -0.1) is 0 Å². The van der Waals surface area contributed by atoms with Crippen molar-refractivity contribution in [2.24, 2.45) is 0 Å². The Morgan fingerprint density at radius 2 is 1.65 bits per heavy atom. The molecule has 0 bridgehead atoms. The molecule has 0 fully saturated rings. The molecule has 0 saturated carbocycles.